The number of hydrogen-bond donors (Lipinski definition) is 1. The lowest BCUT2D eigenvalue weighted by atomic mass is 9.77. The first-order valence-corrected chi connectivity index (χ1v) is 9.00. The minimum Gasteiger partial charge on any atom is -0.479 e. The van der Waals surface area contributed by atoms with Crippen LogP contribution in [0.3, 0.4) is 0 Å². The number of likely N-dealkylation sites (tertiary alicyclic amines) is 1. The molecule has 1 N–H and O–H groups in total. The third-order valence-electron chi connectivity index (χ3n) is 5.47. The normalized spacial score (nSPS) is 31.1. The standard InChI is InChI=1S/C17H26N2O5/c20-15(18-7-3-4-8-18)12-5-1-2-6-13(12)16(21)19-9-10-24-14(11-19)17(22)23/h12-14H,1-11H2,(H,22,23). The third-order valence-corrected chi connectivity index (χ3v) is 5.47. The van der Waals surface area contributed by atoms with Crippen molar-refractivity contribution in [3.63, 3.8) is 0 Å². The van der Waals surface area contributed by atoms with Crippen LogP contribution in [0.5, 0.6) is 0 Å². The van der Waals surface area contributed by atoms with Gasteiger partial charge in [-0.15, -0.1) is 0 Å². The van der Waals surface area contributed by atoms with E-state index in [1.165, 1.54) is 0 Å². The Morgan fingerprint density at radius 1 is 0.833 bits per heavy atom. The van der Waals surface area contributed by atoms with Crippen LogP contribution < -0.4 is 0 Å². The summed E-state index contributed by atoms with van der Waals surface area (Å²) in [6.45, 7) is 2.32. The Morgan fingerprint density at radius 3 is 2.00 bits per heavy atom. The molecular weight excluding hydrogens is 312 g/mol. The van der Waals surface area contributed by atoms with E-state index in [1.807, 2.05) is 4.90 Å². The quantitative estimate of drug-likeness (QED) is 0.820. The van der Waals surface area contributed by atoms with Crippen molar-refractivity contribution in [3.05, 3.63) is 0 Å². The highest BCUT2D eigenvalue weighted by atomic mass is 16.5. The van der Waals surface area contributed by atoms with Gasteiger partial charge in [0.25, 0.3) is 0 Å². The SMILES string of the molecule is O=C(O)C1CN(C(=O)C2CCCCC2C(=O)N2CCCC2)CCO1. The molecular formula is C17H26N2O5. The van der Waals surface area contributed by atoms with Gasteiger partial charge in [-0.05, 0) is 25.7 Å². The molecule has 0 aromatic rings. The molecule has 1 saturated carbocycles. The Kier molecular flexibility index (Phi) is 5.38. The van der Waals surface area contributed by atoms with Gasteiger partial charge in [0, 0.05) is 31.5 Å². The summed E-state index contributed by atoms with van der Waals surface area (Å²) in [5, 5.41) is 9.11. The number of morpholine rings is 1. The maximum Gasteiger partial charge on any atom is 0.334 e. The molecule has 0 aromatic carbocycles. The predicted octanol–water partition coefficient (Wildman–Crippen LogP) is 0.727. The van der Waals surface area contributed by atoms with Gasteiger partial charge in [0.15, 0.2) is 6.10 Å². The minimum absolute atomic E-state index is 0.0678. The Hall–Kier alpha value is -1.63. The summed E-state index contributed by atoms with van der Waals surface area (Å²) in [6, 6.07) is 0. The van der Waals surface area contributed by atoms with Gasteiger partial charge in [-0.3, -0.25) is 9.59 Å². The molecule has 3 rings (SSSR count). The summed E-state index contributed by atoms with van der Waals surface area (Å²) in [5.41, 5.74) is 0. The average molecular weight is 338 g/mol. The molecule has 2 amide bonds. The van der Waals surface area contributed by atoms with Crippen LogP contribution in [0.25, 0.3) is 0 Å². The Morgan fingerprint density at radius 2 is 1.42 bits per heavy atom. The summed E-state index contributed by atoms with van der Waals surface area (Å²) in [5.74, 6) is -1.54. The highest BCUT2D eigenvalue weighted by Crippen LogP contribution is 2.34. The molecule has 7 nitrogen and oxygen atoms in total. The maximum atomic E-state index is 13.0. The van der Waals surface area contributed by atoms with Crippen LogP contribution in [-0.4, -0.2) is 71.6 Å². The van der Waals surface area contributed by atoms with Crippen molar-refractivity contribution in [2.75, 3.05) is 32.8 Å². The van der Waals surface area contributed by atoms with Crippen LogP contribution in [0.2, 0.25) is 0 Å². The fourth-order valence-corrected chi connectivity index (χ4v) is 4.13. The number of rotatable bonds is 3. The fourth-order valence-electron chi connectivity index (χ4n) is 4.13. The molecule has 1 aliphatic carbocycles. The van der Waals surface area contributed by atoms with E-state index < -0.39 is 12.1 Å². The zero-order valence-electron chi connectivity index (χ0n) is 14.0. The summed E-state index contributed by atoms with van der Waals surface area (Å²) in [7, 11) is 0. The third kappa shape index (κ3) is 3.55. The molecule has 0 aromatic heterocycles. The predicted molar refractivity (Wildman–Crippen MR) is 85.2 cm³/mol. The van der Waals surface area contributed by atoms with Gasteiger partial charge >= 0.3 is 5.97 Å². The number of aliphatic carboxylic acids is 1. The molecule has 0 radical (unpaired) electrons. The van der Waals surface area contributed by atoms with Crippen molar-refractivity contribution in [2.24, 2.45) is 11.8 Å². The molecule has 2 heterocycles. The topological polar surface area (TPSA) is 87.2 Å². The van der Waals surface area contributed by atoms with Crippen molar-refractivity contribution in [2.45, 2.75) is 44.6 Å². The van der Waals surface area contributed by atoms with E-state index in [0.29, 0.717) is 6.54 Å². The molecule has 3 aliphatic rings. The Balaban J connectivity index is 1.68. The lowest BCUT2D eigenvalue weighted by molar-refractivity contribution is -0.163. The second-order valence-corrected chi connectivity index (χ2v) is 7.01. The van der Waals surface area contributed by atoms with Crippen LogP contribution >= 0.6 is 0 Å². The van der Waals surface area contributed by atoms with Crippen molar-refractivity contribution in [1.82, 2.24) is 9.80 Å². The molecule has 3 atom stereocenters. The van der Waals surface area contributed by atoms with Crippen molar-refractivity contribution < 1.29 is 24.2 Å². The molecule has 7 heteroatoms. The number of carboxylic acid groups (broad SMARTS) is 1. The van der Waals surface area contributed by atoms with Crippen LogP contribution in [0.4, 0.5) is 0 Å². The number of amides is 2. The Labute approximate surface area is 141 Å². The second-order valence-electron chi connectivity index (χ2n) is 7.01. The van der Waals surface area contributed by atoms with Crippen LogP contribution in [0, 0.1) is 11.8 Å². The van der Waals surface area contributed by atoms with Gasteiger partial charge in [-0.1, -0.05) is 12.8 Å². The van der Waals surface area contributed by atoms with Gasteiger partial charge in [0.05, 0.1) is 13.2 Å². The lowest BCUT2D eigenvalue weighted by Crippen LogP contribution is -2.52. The van der Waals surface area contributed by atoms with E-state index in [9.17, 15) is 14.4 Å². The molecule has 0 spiro atoms. The van der Waals surface area contributed by atoms with Crippen LogP contribution in [0.1, 0.15) is 38.5 Å². The van der Waals surface area contributed by atoms with Gasteiger partial charge in [-0.25, -0.2) is 4.79 Å². The van der Waals surface area contributed by atoms with E-state index in [1.54, 1.807) is 4.90 Å². The number of carbonyl (C=O) groups is 3. The molecule has 2 saturated heterocycles. The molecule has 134 valence electrons. The van der Waals surface area contributed by atoms with E-state index in [2.05, 4.69) is 0 Å². The van der Waals surface area contributed by atoms with Crippen molar-refractivity contribution in [3.8, 4) is 0 Å². The number of nitrogens with zero attached hydrogens (tertiary/aromatic N) is 2. The van der Waals surface area contributed by atoms with Crippen LogP contribution in [-0.2, 0) is 19.1 Å². The molecule has 24 heavy (non-hydrogen) atoms. The Bertz CT molecular complexity index is 503. The number of ether oxygens (including phenoxy) is 1. The lowest BCUT2D eigenvalue weighted by Gasteiger charge is -2.38. The first kappa shape index (κ1) is 17.2. The van der Waals surface area contributed by atoms with Crippen LogP contribution in [0.15, 0.2) is 0 Å². The largest absolute Gasteiger partial charge is 0.479 e. The summed E-state index contributed by atoms with van der Waals surface area (Å²) < 4.78 is 5.19. The number of carbonyl (C=O) groups excluding carboxylic acids is 2. The van der Waals surface area contributed by atoms with Gasteiger partial charge in [0.2, 0.25) is 11.8 Å². The van der Waals surface area contributed by atoms with E-state index in [0.717, 1.165) is 51.6 Å². The monoisotopic (exact) mass is 338 g/mol. The van der Waals surface area contributed by atoms with Crippen molar-refractivity contribution in [1.29, 1.82) is 0 Å². The summed E-state index contributed by atoms with van der Waals surface area (Å²) >= 11 is 0. The molecule has 0 bridgehead atoms. The highest BCUT2D eigenvalue weighted by molar-refractivity contribution is 5.88. The van der Waals surface area contributed by atoms with Gasteiger partial charge in [0.1, 0.15) is 0 Å². The molecule has 3 unspecified atom stereocenters. The molecule has 3 fully saturated rings. The smallest absolute Gasteiger partial charge is 0.334 e. The zero-order valence-corrected chi connectivity index (χ0v) is 14.0. The maximum absolute atomic E-state index is 13.0. The first-order valence-electron chi connectivity index (χ1n) is 9.00. The van der Waals surface area contributed by atoms with E-state index in [4.69, 9.17) is 9.84 Å². The van der Waals surface area contributed by atoms with Crippen molar-refractivity contribution >= 4 is 17.8 Å². The van der Waals surface area contributed by atoms with E-state index in [-0.39, 0.29) is 36.8 Å². The van der Waals surface area contributed by atoms with Gasteiger partial charge in [-0.2, -0.15) is 0 Å². The summed E-state index contributed by atoms with van der Waals surface area (Å²) in [6.07, 6.45) is 4.54. The molecule has 2 aliphatic heterocycles. The average Bonchev–Trinajstić information content (AvgIpc) is 3.15. The highest BCUT2D eigenvalue weighted by Gasteiger charge is 2.41. The fraction of sp³-hybridized carbons (Fsp3) is 0.824. The van der Waals surface area contributed by atoms with Gasteiger partial charge < -0.3 is 19.6 Å². The zero-order chi connectivity index (χ0) is 17.1. The summed E-state index contributed by atoms with van der Waals surface area (Å²) in [4.78, 5) is 40.4. The second kappa shape index (κ2) is 7.51. The number of carboxylic acids is 1. The minimum atomic E-state index is -1.04. The first-order chi connectivity index (χ1) is 11.6. The van der Waals surface area contributed by atoms with E-state index >= 15 is 0 Å². The number of hydrogen-bond acceptors (Lipinski definition) is 4.